The Hall–Kier alpha value is -0.820. The van der Waals surface area contributed by atoms with Crippen LogP contribution >= 0.6 is 34.2 Å². The van der Waals surface area contributed by atoms with Crippen molar-refractivity contribution in [3.63, 3.8) is 0 Å². The van der Waals surface area contributed by atoms with Gasteiger partial charge in [0.25, 0.3) is 0 Å². The van der Waals surface area contributed by atoms with Gasteiger partial charge >= 0.3 is 0 Å². The molecule has 0 saturated carbocycles. The first-order valence-electron chi connectivity index (χ1n) is 5.13. The molecule has 0 radical (unpaired) electrons. The van der Waals surface area contributed by atoms with E-state index in [9.17, 15) is 17.6 Å². The van der Waals surface area contributed by atoms with Gasteiger partial charge in [0.15, 0.2) is 11.6 Å². The van der Waals surface area contributed by atoms with E-state index in [1.165, 1.54) is 18.2 Å². The number of hydrogen-bond donors (Lipinski definition) is 0. The van der Waals surface area contributed by atoms with Crippen molar-refractivity contribution in [2.24, 2.45) is 0 Å². The lowest BCUT2D eigenvalue weighted by atomic mass is 10.0. The molecule has 6 heteroatoms. The molecule has 0 spiro atoms. The fourth-order valence-electron chi connectivity index (χ4n) is 1.61. The van der Waals surface area contributed by atoms with E-state index in [1.54, 1.807) is 0 Å². The quantitative estimate of drug-likeness (QED) is 0.282. The molecule has 0 N–H and O–H groups in total. The Balaban J connectivity index is 2.49. The summed E-state index contributed by atoms with van der Waals surface area (Å²) in [6, 6.07) is 4.93. The molecule has 1 unspecified atom stereocenters. The standard InChI is InChI=1S/C13H6ClF4I/c14-13(7-2-1-6(15)3-12(7)19)8-4-10(17)11(18)5-9(8)16/h1-5,13H. The summed E-state index contributed by atoms with van der Waals surface area (Å²) in [5, 5.41) is -1.03. The van der Waals surface area contributed by atoms with Crippen LogP contribution in [0.5, 0.6) is 0 Å². The van der Waals surface area contributed by atoms with E-state index >= 15 is 0 Å². The zero-order chi connectivity index (χ0) is 14.2. The highest BCUT2D eigenvalue weighted by molar-refractivity contribution is 14.1. The zero-order valence-electron chi connectivity index (χ0n) is 9.23. The first-order chi connectivity index (χ1) is 8.90. The molecule has 0 aliphatic heterocycles. The zero-order valence-corrected chi connectivity index (χ0v) is 12.1. The molecule has 0 aliphatic rings. The molecule has 1 atom stereocenters. The van der Waals surface area contributed by atoms with Crippen LogP contribution in [0.15, 0.2) is 30.3 Å². The van der Waals surface area contributed by atoms with Crippen LogP contribution in [0.25, 0.3) is 0 Å². The smallest absolute Gasteiger partial charge is 0.161 e. The highest BCUT2D eigenvalue weighted by Gasteiger charge is 2.20. The molecule has 0 aliphatic carbocycles. The third-order valence-corrected chi connectivity index (χ3v) is 3.95. The van der Waals surface area contributed by atoms with Gasteiger partial charge in [-0.05, 0) is 46.4 Å². The Kier molecular flexibility index (Phi) is 4.35. The van der Waals surface area contributed by atoms with Gasteiger partial charge in [-0.3, -0.25) is 0 Å². The maximum atomic E-state index is 13.6. The normalized spacial score (nSPS) is 12.5. The molecular formula is C13H6ClF4I. The van der Waals surface area contributed by atoms with E-state index in [4.69, 9.17) is 11.6 Å². The molecule has 100 valence electrons. The molecule has 2 aromatic rings. The maximum absolute atomic E-state index is 13.6. The fourth-order valence-corrected chi connectivity index (χ4v) is 2.94. The molecule has 0 fully saturated rings. The van der Waals surface area contributed by atoms with Gasteiger partial charge in [-0.15, -0.1) is 11.6 Å². The highest BCUT2D eigenvalue weighted by atomic mass is 127. The lowest BCUT2D eigenvalue weighted by Gasteiger charge is -2.13. The summed E-state index contributed by atoms with van der Waals surface area (Å²) in [5.74, 6) is -3.86. The minimum absolute atomic E-state index is 0.190. The van der Waals surface area contributed by atoms with Crippen molar-refractivity contribution >= 4 is 34.2 Å². The predicted molar refractivity (Wildman–Crippen MR) is 73.1 cm³/mol. The van der Waals surface area contributed by atoms with Gasteiger partial charge in [0.05, 0.1) is 5.38 Å². The molecule has 2 aromatic carbocycles. The predicted octanol–water partition coefficient (Wildman–Crippen LogP) is 5.18. The number of hydrogen-bond acceptors (Lipinski definition) is 0. The molecule has 0 nitrogen and oxygen atoms in total. The van der Waals surface area contributed by atoms with Gasteiger partial charge < -0.3 is 0 Å². The maximum Gasteiger partial charge on any atom is 0.161 e. The van der Waals surface area contributed by atoms with Crippen LogP contribution in [-0.2, 0) is 0 Å². The van der Waals surface area contributed by atoms with E-state index in [-0.39, 0.29) is 5.56 Å². The van der Waals surface area contributed by atoms with Crippen LogP contribution < -0.4 is 0 Å². The lowest BCUT2D eigenvalue weighted by Crippen LogP contribution is -2.02. The van der Waals surface area contributed by atoms with Crippen molar-refractivity contribution in [2.45, 2.75) is 5.38 Å². The van der Waals surface area contributed by atoms with Crippen molar-refractivity contribution in [1.82, 2.24) is 0 Å². The first kappa shape index (κ1) is 14.6. The summed E-state index contributed by atoms with van der Waals surface area (Å²) in [6.45, 7) is 0. The Morgan fingerprint density at radius 2 is 1.47 bits per heavy atom. The minimum Gasteiger partial charge on any atom is -0.207 e. The summed E-state index contributed by atoms with van der Waals surface area (Å²) in [7, 11) is 0. The molecule has 0 bridgehead atoms. The van der Waals surface area contributed by atoms with Crippen molar-refractivity contribution in [3.05, 3.63) is 68.3 Å². The van der Waals surface area contributed by atoms with E-state index in [0.29, 0.717) is 21.3 Å². The Bertz CT molecular complexity index is 630. The average Bonchev–Trinajstić information content (AvgIpc) is 2.33. The second-order valence-electron chi connectivity index (χ2n) is 3.82. The number of rotatable bonds is 2. The summed E-state index contributed by atoms with van der Waals surface area (Å²) < 4.78 is 53.0. The summed E-state index contributed by atoms with van der Waals surface area (Å²) in [6.07, 6.45) is 0. The average molecular weight is 401 g/mol. The van der Waals surface area contributed by atoms with Crippen LogP contribution in [0.4, 0.5) is 17.6 Å². The fraction of sp³-hybridized carbons (Fsp3) is 0.0769. The van der Waals surface area contributed by atoms with Crippen LogP contribution in [0.3, 0.4) is 0 Å². The Labute approximate surface area is 125 Å². The summed E-state index contributed by atoms with van der Waals surface area (Å²) in [4.78, 5) is 0. The minimum atomic E-state index is -1.28. The van der Waals surface area contributed by atoms with E-state index in [2.05, 4.69) is 0 Å². The van der Waals surface area contributed by atoms with Gasteiger partial charge in [0.1, 0.15) is 11.6 Å². The summed E-state index contributed by atoms with van der Waals surface area (Å²) in [5.41, 5.74) is 0.235. The topological polar surface area (TPSA) is 0 Å². The van der Waals surface area contributed by atoms with Crippen LogP contribution in [0.2, 0.25) is 0 Å². The van der Waals surface area contributed by atoms with Crippen LogP contribution in [-0.4, -0.2) is 0 Å². The van der Waals surface area contributed by atoms with Gasteiger partial charge in [-0.1, -0.05) is 6.07 Å². The number of halogens is 6. The second kappa shape index (κ2) is 5.66. The lowest BCUT2D eigenvalue weighted by molar-refractivity contribution is 0.490. The largest absolute Gasteiger partial charge is 0.207 e. The van der Waals surface area contributed by atoms with E-state index in [1.807, 2.05) is 22.6 Å². The van der Waals surface area contributed by atoms with Crippen LogP contribution in [0.1, 0.15) is 16.5 Å². The first-order valence-corrected chi connectivity index (χ1v) is 6.65. The van der Waals surface area contributed by atoms with E-state index in [0.717, 1.165) is 0 Å². The third-order valence-electron chi connectivity index (χ3n) is 2.55. The van der Waals surface area contributed by atoms with Gasteiger partial charge in [-0.2, -0.15) is 0 Å². The summed E-state index contributed by atoms with van der Waals surface area (Å²) >= 11 is 7.90. The molecule has 0 aromatic heterocycles. The van der Waals surface area contributed by atoms with Gasteiger partial charge in [0.2, 0.25) is 0 Å². The number of alkyl halides is 1. The van der Waals surface area contributed by atoms with Crippen molar-refractivity contribution in [2.75, 3.05) is 0 Å². The highest BCUT2D eigenvalue weighted by Crippen LogP contribution is 2.34. The van der Waals surface area contributed by atoms with Crippen molar-refractivity contribution in [1.29, 1.82) is 0 Å². The molecular weight excluding hydrogens is 394 g/mol. The Morgan fingerprint density at radius 3 is 2.11 bits per heavy atom. The molecule has 0 saturated heterocycles. The molecule has 0 heterocycles. The van der Waals surface area contributed by atoms with Gasteiger partial charge in [-0.25, -0.2) is 17.6 Å². The van der Waals surface area contributed by atoms with Crippen molar-refractivity contribution < 1.29 is 17.6 Å². The van der Waals surface area contributed by atoms with Crippen molar-refractivity contribution in [3.8, 4) is 0 Å². The SMILES string of the molecule is Fc1ccc(C(Cl)c2cc(F)c(F)cc2F)c(I)c1. The Morgan fingerprint density at radius 1 is 0.842 bits per heavy atom. The monoisotopic (exact) mass is 400 g/mol. The molecule has 19 heavy (non-hydrogen) atoms. The van der Waals surface area contributed by atoms with E-state index < -0.39 is 28.6 Å². The second-order valence-corrected chi connectivity index (χ2v) is 5.41. The third kappa shape index (κ3) is 3.02. The molecule has 0 amide bonds. The van der Waals surface area contributed by atoms with Crippen LogP contribution in [0, 0.1) is 26.8 Å². The molecule has 2 rings (SSSR count). The van der Waals surface area contributed by atoms with Gasteiger partial charge in [0, 0.05) is 15.2 Å². The number of benzene rings is 2.